The van der Waals surface area contributed by atoms with Crippen LogP contribution >= 0.6 is 22.6 Å². The Hall–Kier alpha value is 0.210. The minimum absolute atomic E-state index is 1.19. The van der Waals surface area contributed by atoms with Gasteiger partial charge in [-0.3, -0.25) is 0 Å². The number of allylic oxidation sites excluding steroid dienone is 3. The maximum Gasteiger partial charge on any atom is -0.0274 e. The van der Waals surface area contributed by atoms with Crippen molar-refractivity contribution in [3.05, 3.63) is 22.3 Å². The van der Waals surface area contributed by atoms with Crippen LogP contribution in [0.15, 0.2) is 22.3 Å². The Labute approximate surface area is 90.3 Å². The van der Waals surface area contributed by atoms with Crippen molar-refractivity contribution in [1.29, 1.82) is 0 Å². The molecule has 0 aromatic rings. The fourth-order valence-corrected chi connectivity index (χ4v) is 1.36. The lowest BCUT2D eigenvalue weighted by Crippen LogP contribution is -1.71. The average Bonchev–Trinajstić information content (AvgIpc) is 2.10. The summed E-state index contributed by atoms with van der Waals surface area (Å²) in [5, 5.41) is 0. The number of rotatable bonds is 7. The third kappa shape index (κ3) is 10.2. The molecule has 0 saturated heterocycles. The number of hydrogen-bond acceptors (Lipinski definition) is 0. The molecule has 0 bridgehead atoms. The largest absolute Gasteiger partial charge is 0.0885 e. The van der Waals surface area contributed by atoms with Crippen LogP contribution in [0.3, 0.4) is 0 Å². The van der Waals surface area contributed by atoms with Gasteiger partial charge in [0.05, 0.1) is 0 Å². The van der Waals surface area contributed by atoms with Crippen molar-refractivity contribution in [2.24, 2.45) is 0 Å². The van der Waals surface area contributed by atoms with Crippen LogP contribution in [0.1, 0.15) is 45.4 Å². The van der Waals surface area contributed by atoms with Crippen LogP contribution < -0.4 is 0 Å². The molecular formula is C11H19I. The topological polar surface area (TPSA) is 0 Å². The second-order valence-corrected chi connectivity index (χ2v) is 3.63. The van der Waals surface area contributed by atoms with Gasteiger partial charge in [-0.25, -0.2) is 0 Å². The minimum Gasteiger partial charge on any atom is -0.0885 e. The Morgan fingerprint density at radius 1 is 0.917 bits per heavy atom. The quantitative estimate of drug-likeness (QED) is 0.354. The van der Waals surface area contributed by atoms with Crippen molar-refractivity contribution < 1.29 is 0 Å². The molecule has 0 rings (SSSR count). The predicted molar refractivity (Wildman–Crippen MR) is 65.7 cm³/mol. The highest BCUT2D eigenvalue weighted by Crippen LogP contribution is 2.01. The number of hydrogen-bond donors (Lipinski definition) is 0. The van der Waals surface area contributed by atoms with Gasteiger partial charge in [-0.05, 0) is 29.8 Å². The third-order valence-corrected chi connectivity index (χ3v) is 2.24. The van der Waals surface area contributed by atoms with E-state index in [0.29, 0.717) is 0 Å². The Balaban J connectivity index is 3.03. The Morgan fingerprint density at radius 3 is 2.25 bits per heavy atom. The van der Waals surface area contributed by atoms with E-state index in [9.17, 15) is 0 Å². The van der Waals surface area contributed by atoms with Crippen LogP contribution in [0.4, 0.5) is 0 Å². The van der Waals surface area contributed by atoms with Gasteiger partial charge in [0.1, 0.15) is 0 Å². The van der Waals surface area contributed by atoms with E-state index in [2.05, 4.69) is 51.8 Å². The Morgan fingerprint density at radius 2 is 1.58 bits per heavy atom. The summed E-state index contributed by atoms with van der Waals surface area (Å²) in [6, 6.07) is 0. The van der Waals surface area contributed by atoms with Crippen molar-refractivity contribution in [3.8, 4) is 0 Å². The summed E-state index contributed by atoms with van der Waals surface area (Å²) in [5.41, 5.74) is 0. The molecule has 0 unspecified atom stereocenters. The predicted octanol–water partition coefficient (Wildman–Crippen LogP) is 4.85. The van der Waals surface area contributed by atoms with Crippen LogP contribution in [0.25, 0.3) is 0 Å². The molecule has 0 heterocycles. The highest BCUT2D eigenvalue weighted by Gasteiger charge is 1.81. The summed E-state index contributed by atoms with van der Waals surface area (Å²) < 4.78 is 2.09. The first kappa shape index (κ1) is 12.2. The second-order valence-electron chi connectivity index (χ2n) is 2.91. The highest BCUT2D eigenvalue weighted by molar-refractivity contribution is 14.1. The zero-order valence-electron chi connectivity index (χ0n) is 7.93. The van der Waals surface area contributed by atoms with Crippen molar-refractivity contribution in [2.75, 3.05) is 0 Å². The van der Waals surface area contributed by atoms with Crippen LogP contribution in [0.2, 0.25) is 0 Å². The molecule has 0 atom stereocenters. The summed E-state index contributed by atoms with van der Waals surface area (Å²) in [4.78, 5) is 0. The molecule has 0 aliphatic heterocycles. The van der Waals surface area contributed by atoms with E-state index < -0.39 is 0 Å². The van der Waals surface area contributed by atoms with Crippen LogP contribution in [-0.2, 0) is 0 Å². The van der Waals surface area contributed by atoms with Gasteiger partial charge in [0.25, 0.3) is 0 Å². The molecule has 0 fully saturated rings. The summed E-state index contributed by atoms with van der Waals surface area (Å²) in [6.07, 6.45) is 14.5. The zero-order chi connectivity index (χ0) is 9.07. The molecule has 0 spiro atoms. The maximum absolute atomic E-state index is 2.32. The van der Waals surface area contributed by atoms with E-state index in [1.54, 1.807) is 0 Å². The van der Waals surface area contributed by atoms with Gasteiger partial charge in [-0.1, -0.05) is 60.6 Å². The molecule has 0 aromatic carbocycles. The highest BCUT2D eigenvalue weighted by atomic mass is 127. The molecule has 70 valence electrons. The van der Waals surface area contributed by atoms with Crippen LogP contribution in [-0.4, -0.2) is 0 Å². The van der Waals surface area contributed by atoms with Gasteiger partial charge >= 0.3 is 0 Å². The van der Waals surface area contributed by atoms with Gasteiger partial charge in [-0.15, -0.1) is 0 Å². The number of halogens is 1. The molecule has 1 heteroatoms. The van der Waals surface area contributed by atoms with E-state index in [0.717, 1.165) is 0 Å². The lowest BCUT2D eigenvalue weighted by atomic mass is 10.2. The molecule has 12 heavy (non-hydrogen) atoms. The molecule has 0 nitrogen and oxygen atoms in total. The fourth-order valence-electron chi connectivity index (χ4n) is 1.00. The maximum atomic E-state index is 2.32. The monoisotopic (exact) mass is 278 g/mol. The normalized spacial score (nSPS) is 11.8. The summed E-state index contributed by atoms with van der Waals surface area (Å²) in [7, 11) is 0. The van der Waals surface area contributed by atoms with Crippen molar-refractivity contribution >= 4 is 22.6 Å². The molecular weight excluding hydrogens is 259 g/mol. The number of unbranched alkanes of at least 4 members (excludes halogenated alkanes) is 4. The first-order valence-corrected chi connectivity index (χ1v) is 6.06. The van der Waals surface area contributed by atoms with E-state index >= 15 is 0 Å². The smallest absolute Gasteiger partial charge is 0.0274 e. The molecule has 0 amide bonds. The van der Waals surface area contributed by atoms with Gasteiger partial charge < -0.3 is 0 Å². The molecule has 0 aliphatic carbocycles. The van der Waals surface area contributed by atoms with Gasteiger partial charge in [-0.2, -0.15) is 0 Å². The van der Waals surface area contributed by atoms with Crippen LogP contribution in [0, 0.1) is 0 Å². The Kier molecular flexibility index (Phi) is 11.4. The minimum atomic E-state index is 1.19. The molecule has 0 aromatic heterocycles. The SMILES string of the molecule is CCCCC/C=C\CC/C=C/I. The fraction of sp³-hybridized carbons (Fsp3) is 0.636. The standard InChI is InChI=1S/C11H19I/c1-2-3-4-5-6-7-8-9-10-11-12/h6-7,10-11H,2-5,8-9H2,1H3/b7-6-,11-10+. The van der Waals surface area contributed by atoms with Crippen molar-refractivity contribution in [1.82, 2.24) is 0 Å². The van der Waals surface area contributed by atoms with E-state index in [1.807, 2.05) is 0 Å². The van der Waals surface area contributed by atoms with Gasteiger partial charge in [0, 0.05) is 0 Å². The molecule has 0 aliphatic rings. The first-order chi connectivity index (χ1) is 5.91. The lowest BCUT2D eigenvalue weighted by Gasteiger charge is -1.91. The van der Waals surface area contributed by atoms with Crippen molar-refractivity contribution in [2.45, 2.75) is 45.4 Å². The molecule has 0 radical (unpaired) electrons. The van der Waals surface area contributed by atoms with Crippen LogP contribution in [0.5, 0.6) is 0 Å². The van der Waals surface area contributed by atoms with E-state index in [1.165, 1.54) is 38.5 Å². The summed E-state index contributed by atoms with van der Waals surface area (Å²) in [6.45, 7) is 2.24. The molecule has 0 saturated carbocycles. The average molecular weight is 278 g/mol. The molecule has 0 N–H and O–H groups in total. The van der Waals surface area contributed by atoms with E-state index in [4.69, 9.17) is 0 Å². The third-order valence-electron chi connectivity index (χ3n) is 1.73. The second kappa shape index (κ2) is 11.2. The van der Waals surface area contributed by atoms with Crippen molar-refractivity contribution in [3.63, 3.8) is 0 Å². The van der Waals surface area contributed by atoms with E-state index in [-0.39, 0.29) is 0 Å². The first-order valence-electron chi connectivity index (χ1n) is 4.82. The summed E-state index contributed by atoms with van der Waals surface area (Å²) >= 11 is 2.26. The zero-order valence-corrected chi connectivity index (χ0v) is 10.1. The van der Waals surface area contributed by atoms with Gasteiger partial charge in [0.15, 0.2) is 0 Å². The van der Waals surface area contributed by atoms with Gasteiger partial charge in [0.2, 0.25) is 0 Å². The summed E-state index contributed by atoms with van der Waals surface area (Å²) in [5.74, 6) is 0. The lowest BCUT2D eigenvalue weighted by molar-refractivity contribution is 0.728. The Bertz CT molecular complexity index is 125.